The van der Waals surface area contributed by atoms with Crippen LogP contribution >= 0.6 is 0 Å². The minimum absolute atomic E-state index is 0.126. The van der Waals surface area contributed by atoms with Crippen molar-refractivity contribution in [3.63, 3.8) is 0 Å². The second-order valence-corrected chi connectivity index (χ2v) is 19.7. The van der Waals surface area contributed by atoms with Crippen molar-refractivity contribution in [3.05, 3.63) is 161 Å². The van der Waals surface area contributed by atoms with Crippen LogP contribution in [0.25, 0.3) is 33.4 Å². The number of benzene rings is 6. The first-order valence-corrected chi connectivity index (χ1v) is 21.8. The molecule has 1 heteroatoms. The molecule has 5 fully saturated rings. The molecule has 0 unspecified atom stereocenters. The van der Waals surface area contributed by atoms with Crippen molar-refractivity contribution in [3.8, 4) is 33.4 Å². The van der Waals surface area contributed by atoms with E-state index in [9.17, 15) is 0 Å². The summed E-state index contributed by atoms with van der Waals surface area (Å²) in [7, 11) is 0. The monoisotopic (exact) mass is 727 g/mol. The van der Waals surface area contributed by atoms with Crippen molar-refractivity contribution in [1.29, 1.82) is 0 Å². The Hall–Kier alpha value is -4.88. The zero-order valence-corrected chi connectivity index (χ0v) is 33.3. The molecule has 1 nitrogen and oxygen atoms in total. The molecule has 0 aliphatic heterocycles. The summed E-state index contributed by atoms with van der Waals surface area (Å²) in [5.41, 5.74) is 20.3. The summed E-state index contributed by atoms with van der Waals surface area (Å²) in [5, 5.41) is 0. The van der Waals surface area contributed by atoms with Crippen LogP contribution in [0.2, 0.25) is 0 Å². The van der Waals surface area contributed by atoms with Crippen LogP contribution in [0.1, 0.15) is 106 Å². The second-order valence-electron chi connectivity index (χ2n) is 19.7. The van der Waals surface area contributed by atoms with Gasteiger partial charge >= 0.3 is 0 Å². The van der Waals surface area contributed by atoms with Gasteiger partial charge in [0.15, 0.2) is 0 Å². The normalized spacial score (nSPS) is 25.7. The highest BCUT2D eigenvalue weighted by Crippen LogP contribution is 2.69. The Bertz CT molecular complexity index is 2490. The first-order valence-electron chi connectivity index (χ1n) is 21.8. The van der Waals surface area contributed by atoms with E-state index in [2.05, 4.69) is 159 Å². The van der Waals surface area contributed by atoms with Gasteiger partial charge in [0.1, 0.15) is 0 Å². The van der Waals surface area contributed by atoms with Crippen molar-refractivity contribution in [2.24, 2.45) is 23.7 Å². The minimum Gasteiger partial charge on any atom is -0.310 e. The maximum Gasteiger partial charge on any atom is 0.0465 e. The molecule has 5 saturated carbocycles. The van der Waals surface area contributed by atoms with Gasteiger partial charge in [-0.3, -0.25) is 0 Å². The molecule has 2 spiro atoms. The molecule has 0 amide bonds. The standard InChI is InChI=1S/C55H53N/c1-53(2,3)39-18-14-37(15-19-39)38-16-20-42(21-17-38)56(43-22-24-47-45-10-4-6-12-49(45)54(51(47)33-43)26-8-9-27-54)44-23-25-48-46-11-5-7-13-50(46)55(52(48)34-44)40-29-35-28-36(31-40)32-41(55)30-35/h4-7,10-25,33-36,40-41H,8-9,26-32H2,1-3H3. The van der Waals surface area contributed by atoms with E-state index in [4.69, 9.17) is 0 Å². The van der Waals surface area contributed by atoms with Gasteiger partial charge in [0.25, 0.3) is 0 Å². The molecular weight excluding hydrogens is 675 g/mol. The van der Waals surface area contributed by atoms with Crippen LogP contribution in [0.3, 0.4) is 0 Å². The van der Waals surface area contributed by atoms with Gasteiger partial charge in [0.05, 0.1) is 0 Å². The van der Waals surface area contributed by atoms with E-state index in [1.54, 1.807) is 22.3 Å². The molecule has 0 aromatic heterocycles. The molecule has 7 aliphatic rings. The van der Waals surface area contributed by atoms with Crippen LogP contribution < -0.4 is 4.90 Å². The Labute approximate surface area is 333 Å². The highest BCUT2D eigenvalue weighted by atomic mass is 15.1. The van der Waals surface area contributed by atoms with Gasteiger partial charge in [0.2, 0.25) is 0 Å². The summed E-state index contributed by atoms with van der Waals surface area (Å²) >= 11 is 0. The van der Waals surface area contributed by atoms with Crippen LogP contribution in [0.5, 0.6) is 0 Å². The van der Waals surface area contributed by atoms with Crippen molar-refractivity contribution in [2.45, 2.75) is 94.8 Å². The van der Waals surface area contributed by atoms with E-state index in [0.717, 1.165) is 23.7 Å². The van der Waals surface area contributed by atoms with Crippen molar-refractivity contribution in [2.75, 3.05) is 4.90 Å². The van der Waals surface area contributed by atoms with Gasteiger partial charge < -0.3 is 4.90 Å². The third-order valence-corrected chi connectivity index (χ3v) is 16.0. The summed E-state index contributed by atoms with van der Waals surface area (Å²) in [5.74, 6) is 3.35. The lowest BCUT2D eigenvalue weighted by Gasteiger charge is -2.61. The summed E-state index contributed by atoms with van der Waals surface area (Å²) in [6, 6.07) is 52.6. The average molecular weight is 728 g/mol. The van der Waals surface area contributed by atoms with Gasteiger partial charge in [0, 0.05) is 27.9 Å². The predicted molar refractivity (Wildman–Crippen MR) is 233 cm³/mol. The predicted octanol–water partition coefficient (Wildman–Crippen LogP) is 14.7. The molecule has 0 radical (unpaired) electrons. The lowest BCUT2D eigenvalue weighted by Crippen LogP contribution is -2.55. The van der Waals surface area contributed by atoms with Crippen LogP contribution in [0.4, 0.5) is 17.1 Å². The quantitative estimate of drug-likeness (QED) is 0.175. The van der Waals surface area contributed by atoms with Gasteiger partial charge in [-0.25, -0.2) is 0 Å². The fourth-order valence-corrected chi connectivity index (χ4v) is 13.8. The average Bonchev–Trinajstić information content (AvgIpc) is 3.90. The third-order valence-electron chi connectivity index (χ3n) is 16.0. The van der Waals surface area contributed by atoms with Crippen LogP contribution in [0, 0.1) is 23.7 Å². The first kappa shape index (κ1) is 33.3. The number of fused-ring (bicyclic) bond motifs is 8. The van der Waals surface area contributed by atoms with Crippen molar-refractivity contribution < 1.29 is 0 Å². The summed E-state index contributed by atoms with van der Waals surface area (Å²) in [4.78, 5) is 2.60. The molecular formula is C55H53N. The molecule has 13 rings (SSSR count). The molecule has 6 aromatic carbocycles. The Morgan fingerprint density at radius 2 is 0.946 bits per heavy atom. The van der Waals surface area contributed by atoms with Crippen molar-refractivity contribution >= 4 is 17.1 Å². The lowest BCUT2D eigenvalue weighted by molar-refractivity contribution is -0.0399. The van der Waals surface area contributed by atoms with Crippen LogP contribution in [-0.2, 0) is 16.2 Å². The van der Waals surface area contributed by atoms with Crippen molar-refractivity contribution in [1.82, 2.24) is 0 Å². The number of anilines is 3. The minimum atomic E-state index is 0.126. The number of hydrogen-bond acceptors (Lipinski definition) is 1. The zero-order chi connectivity index (χ0) is 37.4. The topological polar surface area (TPSA) is 3.24 Å². The Balaban J connectivity index is 1.03. The molecule has 0 saturated heterocycles. The van der Waals surface area contributed by atoms with E-state index >= 15 is 0 Å². The van der Waals surface area contributed by atoms with Crippen LogP contribution in [0.15, 0.2) is 133 Å². The summed E-state index contributed by atoms with van der Waals surface area (Å²) in [6.07, 6.45) is 12.2. The maximum atomic E-state index is 2.67. The lowest BCUT2D eigenvalue weighted by atomic mass is 9.43. The SMILES string of the molecule is CC(C)(C)c1ccc(-c2ccc(N(c3ccc4c(c3)C3(CCCC3)c3ccccc3-4)c3ccc4c(c3)C3(c5ccccc5-4)C4CC5CC(C4)CC3C5)cc2)cc1. The molecule has 0 N–H and O–H groups in total. The van der Waals surface area contributed by atoms with Crippen LogP contribution in [-0.4, -0.2) is 0 Å². The fourth-order valence-electron chi connectivity index (χ4n) is 13.8. The maximum absolute atomic E-state index is 2.67. The highest BCUT2D eigenvalue weighted by molar-refractivity contribution is 5.89. The molecule has 0 atom stereocenters. The van der Waals surface area contributed by atoms with Gasteiger partial charge in [-0.2, -0.15) is 0 Å². The number of nitrogens with zero attached hydrogens (tertiary/aromatic N) is 1. The van der Waals surface area contributed by atoms with E-state index in [1.165, 1.54) is 114 Å². The molecule has 4 bridgehead atoms. The Kier molecular flexibility index (Phi) is 7.03. The van der Waals surface area contributed by atoms with E-state index in [1.807, 2.05) is 0 Å². The highest BCUT2D eigenvalue weighted by Gasteiger charge is 2.61. The smallest absolute Gasteiger partial charge is 0.0465 e. The largest absolute Gasteiger partial charge is 0.310 e. The van der Waals surface area contributed by atoms with Gasteiger partial charge in [-0.1, -0.05) is 131 Å². The van der Waals surface area contributed by atoms with E-state index < -0.39 is 0 Å². The third kappa shape index (κ3) is 4.55. The number of rotatable bonds is 4. The molecule has 278 valence electrons. The zero-order valence-electron chi connectivity index (χ0n) is 33.3. The van der Waals surface area contributed by atoms with Gasteiger partial charge in [-0.05, 0) is 172 Å². The first-order chi connectivity index (χ1) is 27.3. The Morgan fingerprint density at radius 3 is 1.55 bits per heavy atom. The Morgan fingerprint density at radius 1 is 0.464 bits per heavy atom. The van der Waals surface area contributed by atoms with E-state index in [-0.39, 0.29) is 16.2 Å². The molecule has 6 aromatic rings. The molecule has 0 heterocycles. The number of hydrogen-bond donors (Lipinski definition) is 0. The van der Waals surface area contributed by atoms with E-state index in [0.29, 0.717) is 0 Å². The fraction of sp³-hybridized carbons (Fsp3) is 0.345. The second kappa shape index (κ2) is 11.8. The summed E-state index contributed by atoms with van der Waals surface area (Å²) < 4.78 is 0. The molecule has 56 heavy (non-hydrogen) atoms. The summed E-state index contributed by atoms with van der Waals surface area (Å²) in [6.45, 7) is 6.88. The van der Waals surface area contributed by atoms with Gasteiger partial charge in [-0.15, -0.1) is 0 Å². The molecule has 7 aliphatic carbocycles.